The molecule has 6 heteroatoms. The zero-order valence-electron chi connectivity index (χ0n) is 12.6. The Labute approximate surface area is 124 Å². The molecule has 2 aromatic rings. The molecule has 112 valence electrons. The largest absolute Gasteiger partial charge is 0.479 e. The number of aromatic nitrogens is 3. The summed E-state index contributed by atoms with van der Waals surface area (Å²) in [4.78, 5) is 12.8. The lowest BCUT2D eigenvalue weighted by atomic mass is 10.1. The van der Waals surface area contributed by atoms with Crippen LogP contribution in [0.3, 0.4) is 0 Å². The number of hydrogen-bond donors (Lipinski definition) is 2. The summed E-state index contributed by atoms with van der Waals surface area (Å²) in [6.45, 7) is 4.86. The molecule has 0 aliphatic carbocycles. The van der Waals surface area contributed by atoms with Gasteiger partial charge in [0.2, 0.25) is 5.88 Å². The second-order valence-corrected chi connectivity index (χ2v) is 5.22. The minimum Gasteiger partial charge on any atom is -0.479 e. The van der Waals surface area contributed by atoms with Crippen molar-refractivity contribution in [2.75, 3.05) is 18.2 Å². The van der Waals surface area contributed by atoms with Crippen molar-refractivity contribution in [1.82, 2.24) is 15.0 Å². The first-order valence-electron chi connectivity index (χ1n) is 6.93. The van der Waals surface area contributed by atoms with E-state index in [2.05, 4.69) is 34.1 Å². The number of pyridine rings is 1. The summed E-state index contributed by atoms with van der Waals surface area (Å²) in [7, 11) is 1.56. The standard InChI is InChI=1S/C15H21N5O/c1-10(2)8-12-19-14(13(16)15(20-12)21-3)18-9-11-4-6-17-7-5-11/h4-7,10H,8-9,16H2,1-3H3,(H,18,19,20). The SMILES string of the molecule is COc1nc(CC(C)C)nc(NCc2ccncc2)c1N. The molecule has 0 saturated carbocycles. The van der Waals surface area contributed by atoms with Gasteiger partial charge in [0.15, 0.2) is 5.82 Å². The predicted octanol–water partition coefficient (Wildman–Crippen LogP) is 2.27. The highest BCUT2D eigenvalue weighted by Crippen LogP contribution is 2.26. The number of nitrogens with one attached hydrogen (secondary N) is 1. The molecule has 0 unspecified atom stereocenters. The maximum atomic E-state index is 6.03. The molecule has 2 heterocycles. The Morgan fingerprint density at radius 1 is 1.24 bits per heavy atom. The summed E-state index contributed by atoms with van der Waals surface area (Å²) >= 11 is 0. The van der Waals surface area contributed by atoms with E-state index in [1.54, 1.807) is 19.5 Å². The molecular formula is C15H21N5O. The number of hydrogen-bond acceptors (Lipinski definition) is 6. The highest BCUT2D eigenvalue weighted by molar-refractivity contribution is 5.67. The van der Waals surface area contributed by atoms with Gasteiger partial charge in [-0.2, -0.15) is 4.98 Å². The number of nitrogen functional groups attached to an aromatic ring is 1. The van der Waals surface area contributed by atoms with Gasteiger partial charge in [0.05, 0.1) is 7.11 Å². The lowest BCUT2D eigenvalue weighted by Gasteiger charge is -2.13. The van der Waals surface area contributed by atoms with Crippen LogP contribution in [0.4, 0.5) is 11.5 Å². The molecule has 0 saturated heterocycles. The third-order valence-electron chi connectivity index (χ3n) is 2.95. The molecular weight excluding hydrogens is 266 g/mol. The molecule has 0 fully saturated rings. The Hall–Kier alpha value is -2.37. The smallest absolute Gasteiger partial charge is 0.242 e. The van der Waals surface area contributed by atoms with Crippen LogP contribution >= 0.6 is 0 Å². The number of anilines is 2. The van der Waals surface area contributed by atoms with Gasteiger partial charge < -0.3 is 15.8 Å². The number of nitrogens with zero attached hydrogens (tertiary/aromatic N) is 3. The molecule has 0 spiro atoms. The van der Waals surface area contributed by atoms with Crippen molar-refractivity contribution in [3.05, 3.63) is 35.9 Å². The van der Waals surface area contributed by atoms with Crippen molar-refractivity contribution in [2.45, 2.75) is 26.8 Å². The minimum absolute atomic E-state index is 0.415. The van der Waals surface area contributed by atoms with Crippen LogP contribution in [0.15, 0.2) is 24.5 Å². The molecule has 6 nitrogen and oxygen atoms in total. The van der Waals surface area contributed by atoms with Gasteiger partial charge in [-0.05, 0) is 23.6 Å². The molecule has 0 amide bonds. The third-order valence-corrected chi connectivity index (χ3v) is 2.95. The van der Waals surface area contributed by atoms with Crippen LogP contribution in [0.2, 0.25) is 0 Å². The highest BCUT2D eigenvalue weighted by atomic mass is 16.5. The van der Waals surface area contributed by atoms with Crippen LogP contribution < -0.4 is 15.8 Å². The zero-order chi connectivity index (χ0) is 15.2. The van der Waals surface area contributed by atoms with E-state index >= 15 is 0 Å². The van der Waals surface area contributed by atoms with Crippen LogP contribution in [0.5, 0.6) is 5.88 Å². The Bertz CT molecular complexity index is 586. The Morgan fingerprint density at radius 2 is 1.95 bits per heavy atom. The molecule has 0 aliphatic rings. The summed E-state index contributed by atoms with van der Waals surface area (Å²) in [5.74, 6) is 2.21. The van der Waals surface area contributed by atoms with Crippen LogP contribution in [0, 0.1) is 5.92 Å². The lowest BCUT2D eigenvalue weighted by molar-refractivity contribution is 0.396. The predicted molar refractivity (Wildman–Crippen MR) is 83.1 cm³/mol. The molecule has 2 aromatic heterocycles. The van der Waals surface area contributed by atoms with Crippen molar-refractivity contribution in [2.24, 2.45) is 5.92 Å². The van der Waals surface area contributed by atoms with Gasteiger partial charge in [0.25, 0.3) is 0 Å². The highest BCUT2D eigenvalue weighted by Gasteiger charge is 2.13. The summed E-state index contributed by atoms with van der Waals surface area (Å²) in [6, 6.07) is 3.88. The lowest BCUT2D eigenvalue weighted by Crippen LogP contribution is -2.11. The van der Waals surface area contributed by atoms with Crippen molar-refractivity contribution >= 4 is 11.5 Å². The van der Waals surface area contributed by atoms with Crippen molar-refractivity contribution in [3.63, 3.8) is 0 Å². The van der Waals surface area contributed by atoms with E-state index in [0.717, 1.165) is 17.8 Å². The molecule has 0 bridgehead atoms. The number of methoxy groups -OCH3 is 1. The van der Waals surface area contributed by atoms with Crippen LogP contribution in [0.25, 0.3) is 0 Å². The number of ether oxygens (including phenoxy) is 1. The van der Waals surface area contributed by atoms with Crippen LogP contribution in [0.1, 0.15) is 25.2 Å². The van der Waals surface area contributed by atoms with Crippen molar-refractivity contribution < 1.29 is 4.74 Å². The fraction of sp³-hybridized carbons (Fsp3) is 0.400. The Balaban J connectivity index is 2.20. The van der Waals surface area contributed by atoms with Crippen LogP contribution in [-0.2, 0) is 13.0 Å². The summed E-state index contributed by atoms with van der Waals surface area (Å²) in [5.41, 5.74) is 7.57. The topological polar surface area (TPSA) is 86.0 Å². The molecule has 0 atom stereocenters. The number of nitrogens with two attached hydrogens (primary N) is 1. The molecule has 0 aliphatic heterocycles. The molecule has 0 aromatic carbocycles. The van der Waals surface area contributed by atoms with Gasteiger partial charge >= 0.3 is 0 Å². The first-order chi connectivity index (χ1) is 10.1. The fourth-order valence-electron chi connectivity index (χ4n) is 1.93. The normalized spacial score (nSPS) is 10.7. The quantitative estimate of drug-likeness (QED) is 0.847. The van der Waals surface area contributed by atoms with Gasteiger partial charge in [-0.15, -0.1) is 0 Å². The van der Waals surface area contributed by atoms with E-state index in [1.807, 2.05) is 12.1 Å². The summed E-state index contributed by atoms with van der Waals surface area (Å²) < 4.78 is 5.23. The number of rotatable bonds is 6. The van der Waals surface area contributed by atoms with Crippen molar-refractivity contribution in [3.8, 4) is 5.88 Å². The average molecular weight is 287 g/mol. The van der Waals surface area contributed by atoms with E-state index in [9.17, 15) is 0 Å². The monoisotopic (exact) mass is 287 g/mol. The first kappa shape index (κ1) is 15.0. The molecule has 0 radical (unpaired) electrons. The summed E-state index contributed by atoms with van der Waals surface area (Å²) in [5, 5.41) is 3.23. The maximum absolute atomic E-state index is 6.03. The van der Waals surface area contributed by atoms with Gasteiger partial charge in [-0.3, -0.25) is 4.98 Å². The molecule has 21 heavy (non-hydrogen) atoms. The second-order valence-electron chi connectivity index (χ2n) is 5.22. The zero-order valence-corrected chi connectivity index (χ0v) is 12.6. The molecule has 3 N–H and O–H groups in total. The van der Waals surface area contributed by atoms with Gasteiger partial charge in [0, 0.05) is 25.4 Å². The van der Waals surface area contributed by atoms with E-state index < -0.39 is 0 Å². The van der Waals surface area contributed by atoms with Crippen LogP contribution in [-0.4, -0.2) is 22.1 Å². The molecule has 2 rings (SSSR count). The van der Waals surface area contributed by atoms with Gasteiger partial charge in [-0.1, -0.05) is 13.8 Å². The second kappa shape index (κ2) is 6.88. The van der Waals surface area contributed by atoms with Crippen molar-refractivity contribution in [1.29, 1.82) is 0 Å². The van der Waals surface area contributed by atoms with Gasteiger partial charge in [-0.25, -0.2) is 4.98 Å². The Kier molecular flexibility index (Phi) is 4.92. The fourth-order valence-corrected chi connectivity index (χ4v) is 1.93. The van der Waals surface area contributed by atoms with E-state index in [4.69, 9.17) is 10.5 Å². The third kappa shape index (κ3) is 4.05. The van der Waals surface area contributed by atoms with E-state index in [-0.39, 0.29) is 0 Å². The maximum Gasteiger partial charge on any atom is 0.242 e. The van der Waals surface area contributed by atoms with Gasteiger partial charge in [0.1, 0.15) is 11.5 Å². The van der Waals surface area contributed by atoms with E-state index in [0.29, 0.717) is 29.8 Å². The minimum atomic E-state index is 0.415. The average Bonchev–Trinajstić information content (AvgIpc) is 2.48. The summed E-state index contributed by atoms with van der Waals surface area (Å²) in [6.07, 6.45) is 4.29. The first-order valence-corrected chi connectivity index (χ1v) is 6.93. The van der Waals surface area contributed by atoms with E-state index in [1.165, 1.54) is 0 Å². The Morgan fingerprint density at radius 3 is 2.57 bits per heavy atom.